The molecule has 2 aliphatic rings. The normalized spacial score (nSPS) is 18.8. The van der Waals surface area contributed by atoms with Crippen molar-refractivity contribution in [2.45, 2.75) is 63.8 Å². The summed E-state index contributed by atoms with van der Waals surface area (Å²) in [5, 5.41) is 21.4. The topological polar surface area (TPSA) is 179 Å². The smallest absolute Gasteiger partial charge is 0.475 e. The first-order valence-corrected chi connectivity index (χ1v) is 15.1. The number of carboxylic acids is 3. The van der Waals surface area contributed by atoms with Gasteiger partial charge in [0.15, 0.2) is 0 Å². The summed E-state index contributed by atoms with van der Waals surface area (Å²) in [7, 11) is 0. The van der Waals surface area contributed by atoms with Gasteiger partial charge in [-0.05, 0) is 43.5 Å². The van der Waals surface area contributed by atoms with Crippen LogP contribution in [0.2, 0.25) is 0 Å². The van der Waals surface area contributed by atoms with E-state index in [1.165, 1.54) is 5.56 Å². The van der Waals surface area contributed by atoms with Crippen LogP contribution in [0.25, 0.3) is 0 Å². The average Bonchev–Trinajstić information content (AvgIpc) is 3.76. The molecule has 5 rings (SSSR count). The van der Waals surface area contributed by atoms with E-state index in [-0.39, 0.29) is 11.8 Å². The number of carbonyl (C=O) groups excluding carboxylic acids is 1. The Labute approximate surface area is 294 Å². The first-order chi connectivity index (χ1) is 24.4. The fourth-order valence-electron chi connectivity index (χ4n) is 5.26. The molecule has 1 amide bonds. The van der Waals surface area contributed by atoms with E-state index in [9.17, 15) is 44.3 Å². The van der Waals surface area contributed by atoms with Crippen LogP contribution in [-0.4, -0.2) is 107 Å². The minimum absolute atomic E-state index is 0.0885. The van der Waals surface area contributed by atoms with Gasteiger partial charge >= 0.3 is 36.4 Å². The molecule has 0 radical (unpaired) electrons. The molecule has 1 spiro atoms. The van der Waals surface area contributed by atoms with Crippen molar-refractivity contribution in [3.05, 3.63) is 78.4 Å². The molecule has 2 saturated heterocycles. The van der Waals surface area contributed by atoms with Crippen LogP contribution in [0.15, 0.2) is 61.6 Å². The summed E-state index contributed by atoms with van der Waals surface area (Å²) >= 11 is 0. The predicted octanol–water partition coefficient (Wildman–Crippen LogP) is 5.17. The average molecular weight is 773 g/mol. The predicted molar refractivity (Wildman–Crippen MR) is 163 cm³/mol. The van der Waals surface area contributed by atoms with Gasteiger partial charge in [-0.15, -0.1) is 0 Å². The fourth-order valence-corrected chi connectivity index (χ4v) is 5.26. The Kier molecular flexibility index (Phi) is 14.9. The van der Waals surface area contributed by atoms with Crippen LogP contribution >= 0.6 is 0 Å². The zero-order valence-corrected chi connectivity index (χ0v) is 27.7. The maximum Gasteiger partial charge on any atom is 0.490 e. The molecule has 2 atom stereocenters. The monoisotopic (exact) mass is 772 g/mol. The van der Waals surface area contributed by atoms with Crippen LogP contribution in [0.5, 0.6) is 0 Å². The summed E-state index contributed by atoms with van der Waals surface area (Å²) in [6, 6.07) is 8.39. The lowest BCUT2D eigenvalue weighted by atomic mass is 9.75. The van der Waals surface area contributed by atoms with E-state index < -0.39 is 41.9 Å². The van der Waals surface area contributed by atoms with Crippen molar-refractivity contribution in [2.24, 2.45) is 5.41 Å². The lowest BCUT2D eigenvalue weighted by Gasteiger charge is -2.28. The maximum atomic E-state index is 13.9. The summed E-state index contributed by atoms with van der Waals surface area (Å²) in [5.74, 6) is -7.93. The second kappa shape index (κ2) is 18.0. The molecule has 2 aliphatic heterocycles. The van der Waals surface area contributed by atoms with Crippen LogP contribution < -0.4 is 0 Å². The molecular formula is C31H33F9N6O7. The molecule has 2 fully saturated rings. The van der Waals surface area contributed by atoms with Gasteiger partial charge in [-0.1, -0.05) is 12.1 Å². The molecule has 0 saturated carbocycles. The van der Waals surface area contributed by atoms with Crippen LogP contribution in [0.4, 0.5) is 39.5 Å². The highest BCUT2D eigenvalue weighted by Gasteiger charge is 2.57. The lowest BCUT2D eigenvalue weighted by Crippen LogP contribution is -2.39. The van der Waals surface area contributed by atoms with Crippen LogP contribution in [0, 0.1) is 5.41 Å². The van der Waals surface area contributed by atoms with E-state index in [0.29, 0.717) is 12.6 Å². The number of amides is 1. The zero-order valence-electron chi connectivity index (χ0n) is 27.7. The van der Waals surface area contributed by atoms with Gasteiger partial charge in [0.05, 0.1) is 17.4 Å². The molecule has 3 aromatic rings. The van der Waals surface area contributed by atoms with Gasteiger partial charge in [0.2, 0.25) is 5.91 Å². The standard InChI is InChI=1S/C25H30N6O.3C2HF3O2/c1-19(2)31-16-23(28-18-31)22-15-29(13-20-5-3-8-26-11-20)17-25(22)7-10-30(24(25)32)14-21-6-4-9-27-12-21;3*3-2(4,5)1(6)7/h3-6,8-9,11-12,16,18-19,22H,7,10,13-15,17H2,1-2H3;3*(H,6,7). The highest BCUT2D eigenvalue weighted by molar-refractivity contribution is 5.87. The number of pyridine rings is 2. The third-order valence-corrected chi connectivity index (χ3v) is 7.68. The molecule has 13 nitrogen and oxygen atoms in total. The SMILES string of the molecule is CC(C)n1cnc(C2CN(Cc3cccnc3)CC23CCN(Cc2cccnc2)C3=O)c1.O=C(O)C(F)(F)F.O=C(O)C(F)(F)F.O=C(O)C(F)(F)F. The Hall–Kier alpha value is -5.28. The number of nitrogens with zero attached hydrogens (tertiary/aromatic N) is 6. The van der Waals surface area contributed by atoms with Gasteiger partial charge in [-0.2, -0.15) is 39.5 Å². The number of aliphatic carboxylic acids is 3. The molecule has 0 aromatic carbocycles. The number of alkyl halides is 9. The molecular weight excluding hydrogens is 739 g/mol. The molecule has 0 aliphatic carbocycles. The number of carbonyl (C=O) groups is 4. The zero-order chi connectivity index (χ0) is 40.4. The van der Waals surface area contributed by atoms with Crippen molar-refractivity contribution in [3.63, 3.8) is 0 Å². The van der Waals surface area contributed by atoms with E-state index in [0.717, 1.165) is 43.9 Å². The number of carboxylic acid groups (broad SMARTS) is 3. The van der Waals surface area contributed by atoms with Crippen LogP contribution in [0.1, 0.15) is 49.0 Å². The molecule has 5 heterocycles. The van der Waals surface area contributed by atoms with Crippen LogP contribution in [0.3, 0.4) is 0 Å². The fraction of sp³-hybridized carbons (Fsp3) is 0.452. The summed E-state index contributed by atoms with van der Waals surface area (Å²) in [6.07, 6.45) is -3.01. The van der Waals surface area contributed by atoms with E-state index in [1.807, 2.05) is 41.8 Å². The maximum absolute atomic E-state index is 13.9. The second-order valence-corrected chi connectivity index (χ2v) is 11.8. The van der Waals surface area contributed by atoms with Crippen molar-refractivity contribution < 1.29 is 74.0 Å². The third kappa shape index (κ3) is 13.0. The van der Waals surface area contributed by atoms with E-state index >= 15 is 0 Å². The van der Waals surface area contributed by atoms with Gasteiger partial charge in [0.25, 0.3) is 0 Å². The molecule has 2 unspecified atom stereocenters. The first kappa shape index (κ1) is 43.9. The Morgan fingerprint density at radius 2 is 1.28 bits per heavy atom. The minimum Gasteiger partial charge on any atom is -0.475 e. The highest BCUT2D eigenvalue weighted by atomic mass is 19.4. The van der Waals surface area contributed by atoms with Crippen molar-refractivity contribution in [3.8, 4) is 0 Å². The number of rotatable bonds is 6. The molecule has 0 bridgehead atoms. The highest BCUT2D eigenvalue weighted by Crippen LogP contribution is 2.50. The van der Waals surface area contributed by atoms with Crippen molar-refractivity contribution in [1.82, 2.24) is 29.3 Å². The summed E-state index contributed by atoms with van der Waals surface area (Å²) in [5.41, 5.74) is 2.85. The molecule has 292 valence electrons. The van der Waals surface area contributed by atoms with Crippen molar-refractivity contribution >= 4 is 23.8 Å². The molecule has 3 aromatic heterocycles. The van der Waals surface area contributed by atoms with Crippen LogP contribution in [-0.2, 0) is 32.3 Å². The summed E-state index contributed by atoms with van der Waals surface area (Å²) in [6.45, 7) is 8.08. The second-order valence-electron chi connectivity index (χ2n) is 11.8. The van der Waals surface area contributed by atoms with E-state index in [1.54, 1.807) is 12.4 Å². The number of hydrogen-bond donors (Lipinski definition) is 3. The molecule has 22 heteroatoms. The number of likely N-dealkylation sites (tertiary alicyclic amines) is 2. The van der Waals surface area contributed by atoms with E-state index in [2.05, 4.69) is 45.5 Å². The Balaban J connectivity index is 0.000000379. The quantitative estimate of drug-likeness (QED) is 0.282. The van der Waals surface area contributed by atoms with Gasteiger partial charge in [0.1, 0.15) is 0 Å². The van der Waals surface area contributed by atoms with E-state index in [4.69, 9.17) is 34.7 Å². The summed E-state index contributed by atoms with van der Waals surface area (Å²) < 4.78 is 97.3. The molecule has 53 heavy (non-hydrogen) atoms. The number of hydrogen-bond acceptors (Lipinski definition) is 8. The minimum atomic E-state index is -5.08. The van der Waals surface area contributed by atoms with Crippen molar-refractivity contribution in [1.29, 1.82) is 0 Å². The van der Waals surface area contributed by atoms with Gasteiger partial charge < -0.3 is 24.8 Å². The number of imidazole rings is 1. The largest absolute Gasteiger partial charge is 0.490 e. The van der Waals surface area contributed by atoms with Crippen molar-refractivity contribution in [2.75, 3.05) is 19.6 Å². The Bertz CT molecular complexity index is 1610. The number of aromatic nitrogens is 4. The Morgan fingerprint density at radius 1 is 0.830 bits per heavy atom. The van der Waals surface area contributed by atoms with Gasteiger partial charge in [-0.3, -0.25) is 19.7 Å². The Morgan fingerprint density at radius 3 is 1.66 bits per heavy atom. The van der Waals surface area contributed by atoms with Gasteiger partial charge in [-0.25, -0.2) is 19.4 Å². The summed E-state index contributed by atoms with van der Waals surface area (Å²) in [4.78, 5) is 58.2. The first-order valence-electron chi connectivity index (χ1n) is 15.1. The van der Waals surface area contributed by atoms with Gasteiger partial charge in [0, 0.05) is 75.7 Å². The third-order valence-electron chi connectivity index (χ3n) is 7.68. The lowest BCUT2D eigenvalue weighted by molar-refractivity contribution is -0.193. The molecule has 3 N–H and O–H groups in total. The number of halogens is 9.